The Morgan fingerprint density at radius 3 is 2.94 bits per heavy atom. The van der Waals surface area contributed by atoms with E-state index in [1.54, 1.807) is 0 Å². The Kier molecular flexibility index (Phi) is 5.39. The first kappa shape index (κ1) is 21.1. The van der Waals surface area contributed by atoms with Gasteiger partial charge in [-0.2, -0.15) is 5.10 Å². The highest BCUT2D eigenvalue weighted by atomic mass is 16.5. The first-order chi connectivity index (χ1) is 16.6. The largest absolute Gasteiger partial charge is 0.419 e. The first-order valence-corrected chi connectivity index (χ1v) is 11.8. The summed E-state index contributed by atoms with van der Waals surface area (Å²) in [6.45, 7) is 7.58. The van der Waals surface area contributed by atoms with Crippen molar-refractivity contribution in [3.63, 3.8) is 0 Å². The van der Waals surface area contributed by atoms with Gasteiger partial charge in [0, 0.05) is 35.6 Å². The summed E-state index contributed by atoms with van der Waals surface area (Å²) in [5.74, 6) is 1.74. The Balaban J connectivity index is 1.31. The van der Waals surface area contributed by atoms with E-state index in [1.807, 2.05) is 12.4 Å². The number of aromatic nitrogens is 5. The topological polar surface area (TPSA) is 95.9 Å². The molecule has 1 unspecified atom stereocenters. The molecule has 0 aliphatic carbocycles. The number of benzene rings is 2. The lowest BCUT2D eigenvalue weighted by molar-refractivity contribution is -0.0420. The minimum Gasteiger partial charge on any atom is -0.419 e. The number of nitrogens with zero attached hydrogens (tertiary/aromatic N) is 4. The molecule has 2 N–H and O–H groups in total. The second kappa shape index (κ2) is 8.70. The van der Waals surface area contributed by atoms with Crippen LogP contribution < -0.4 is 0 Å². The quantitative estimate of drug-likeness (QED) is 0.373. The monoisotopic (exact) mass is 456 g/mol. The van der Waals surface area contributed by atoms with Crippen LogP contribution in [0.2, 0.25) is 0 Å². The summed E-state index contributed by atoms with van der Waals surface area (Å²) in [6.07, 6.45) is 5.10. The van der Waals surface area contributed by atoms with Gasteiger partial charge in [0.05, 0.1) is 36.5 Å². The minimum absolute atomic E-state index is 0.259. The van der Waals surface area contributed by atoms with Crippen molar-refractivity contribution in [2.45, 2.75) is 32.9 Å². The van der Waals surface area contributed by atoms with Crippen LogP contribution in [-0.2, 0) is 11.3 Å². The highest BCUT2D eigenvalue weighted by Gasteiger charge is 2.23. The summed E-state index contributed by atoms with van der Waals surface area (Å²) in [6, 6.07) is 12.6. The second-order valence-corrected chi connectivity index (χ2v) is 9.46. The number of aromatic amines is 2. The van der Waals surface area contributed by atoms with E-state index in [-0.39, 0.29) is 6.10 Å². The second-order valence-electron chi connectivity index (χ2n) is 9.46. The zero-order valence-corrected chi connectivity index (χ0v) is 19.4. The maximum atomic E-state index is 6.18. The zero-order valence-electron chi connectivity index (χ0n) is 19.4. The van der Waals surface area contributed by atoms with Crippen molar-refractivity contribution >= 4 is 21.8 Å². The molecule has 1 aliphatic rings. The van der Waals surface area contributed by atoms with Crippen molar-refractivity contribution in [3.05, 3.63) is 54.7 Å². The molecule has 0 spiro atoms. The average molecular weight is 457 g/mol. The van der Waals surface area contributed by atoms with Crippen molar-refractivity contribution in [2.75, 3.05) is 19.7 Å². The van der Waals surface area contributed by atoms with Crippen molar-refractivity contribution < 1.29 is 9.15 Å². The van der Waals surface area contributed by atoms with Crippen LogP contribution in [0.4, 0.5) is 0 Å². The third-order valence-corrected chi connectivity index (χ3v) is 6.48. The fourth-order valence-corrected chi connectivity index (χ4v) is 4.93. The van der Waals surface area contributed by atoms with Gasteiger partial charge < -0.3 is 14.1 Å². The lowest BCUT2D eigenvalue weighted by atomic mass is 9.98. The molecule has 5 aromatic rings. The number of hydrogen-bond donors (Lipinski definition) is 2. The van der Waals surface area contributed by atoms with E-state index in [0.29, 0.717) is 24.2 Å². The molecular weight excluding hydrogens is 428 g/mol. The van der Waals surface area contributed by atoms with Gasteiger partial charge in [-0.15, -0.1) is 10.2 Å². The summed E-state index contributed by atoms with van der Waals surface area (Å²) < 4.78 is 12.1. The van der Waals surface area contributed by atoms with Gasteiger partial charge in [-0.1, -0.05) is 26.0 Å². The molecule has 4 heterocycles. The molecule has 1 atom stereocenters. The summed E-state index contributed by atoms with van der Waals surface area (Å²) in [4.78, 5) is 5.63. The van der Waals surface area contributed by atoms with Crippen LogP contribution in [0.15, 0.2) is 53.2 Å². The molecule has 1 saturated heterocycles. The molecule has 0 bridgehead atoms. The Morgan fingerprint density at radius 2 is 2.03 bits per heavy atom. The van der Waals surface area contributed by atoms with Crippen LogP contribution in [0, 0.1) is 5.92 Å². The molecule has 1 fully saturated rings. The number of nitrogens with one attached hydrogen (secondary N) is 2. The Labute approximate surface area is 197 Å². The van der Waals surface area contributed by atoms with Crippen molar-refractivity contribution in [2.24, 2.45) is 5.92 Å². The van der Waals surface area contributed by atoms with Crippen LogP contribution in [0.3, 0.4) is 0 Å². The fourth-order valence-electron chi connectivity index (χ4n) is 4.93. The fraction of sp³-hybridized carbons (Fsp3) is 0.346. The van der Waals surface area contributed by atoms with Gasteiger partial charge in [-0.05, 0) is 47.7 Å². The number of morpholine rings is 1. The smallest absolute Gasteiger partial charge is 0.248 e. The standard InChI is InChI=1S/C26H28N6O2/c1-16(2)10-18-14-32(8-9-33-18)15-25-30-31-26(34-25)21-11-17(12-24-22(21)13-28-29-24)19-4-3-5-23-20(19)6-7-27-23/h3-7,11-13,16,18,27H,8-10,14-15H2,1-2H3,(H,28,29). The Bertz CT molecular complexity index is 1430. The third kappa shape index (κ3) is 3.99. The molecule has 1 aliphatic heterocycles. The number of rotatable bonds is 6. The van der Waals surface area contributed by atoms with E-state index in [9.17, 15) is 0 Å². The maximum absolute atomic E-state index is 6.18. The van der Waals surface area contributed by atoms with Gasteiger partial charge in [0.2, 0.25) is 11.8 Å². The van der Waals surface area contributed by atoms with Crippen LogP contribution >= 0.6 is 0 Å². The first-order valence-electron chi connectivity index (χ1n) is 11.8. The third-order valence-electron chi connectivity index (χ3n) is 6.48. The number of H-pyrrole nitrogens is 2. The van der Waals surface area contributed by atoms with E-state index >= 15 is 0 Å². The van der Waals surface area contributed by atoms with Gasteiger partial charge >= 0.3 is 0 Å². The molecule has 6 rings (SSSR count). The summed E-state index contributed by atoms with van der Waals surface area (Å²) in [5.41, 5.74) is 5.13. The minimum atomic E-state index is 0.259. The van der Waals surface area contributed by atoms with Gasteiger partial charge in [0.1, 0.15) is 0 Å². The molecule has 3 aromatic heterocycles. The molecule has 8 nitrogen and oxygen atoms in total. The van der Waals surface area contributed by atoms with Crippen LogP contribution in [-0.4, -0.2) is 56.1 Å². The highest BCUT2D eigenvalue weighted by molar-refractivity contribution is 6.01. The van der Waals surface area contributed by atoms with E-state index in [2.05, 4.69) is 80.5 Å². The van der Waals surface area contributed by atoms with E-state index in [4.69, 9.17) is 9.15 Å². The lowest BCUT2D eigenvalue weighted by Gasteiger charge is -2.32. The predicted octanol–water partition coefficient (Wildman–Crippen LogP) is 5.01. The maximum Gasteiger partial charge on any atom is 0.248 e. The number of ether oxygens (including phenoxy) is 1. The summed E-state index contributed by atoms with van der Waals surface area (Å²) in [7, 11) is 0. The Morgan fingerprint density at radius 1 is 1.09 bits per heavy atom. The number of hydrogen-bond acceptors (Lipinski definition) is 6. The van der Waals surface area contributed by atoms with E-state index in [0.717, 1.165) is 59.2 Å². The summed E-state index contributed by atoms with van der Waals surface area (Å²) in [5, 5.41) is 18.3. The van der Waals surface area contributed by atoms with E-state index < -0.39 is 0 Å². The van der Waals surface area contributed by atoms with Crippen LogP contribution in [0.25, 0.3) is 44.4 Å². The number of fused-ring (bicyclic) bond motifs is 2. The van der Waals surface area contributed by atoms with E-state index in [1.165, 1.54) is 5.39 Å². The average Bonchev–Trinajstić information content (AvgIpc) is 3.58. The van der Waals surface area contributed by atoms with Crippen molar-refractivity contribution in [3.8, 4) is 22.6 Å². The zero-order chi connectivity index (χ0) is 23.1. The molecule has 0 saturated carbocycles. The van der Waals surface area contributed by atoms with Gasteiger partial charge in [-0.3, -0.25) is 10.00 Å². The normalized spacial score (nSPS) is 17.3. The molecule has 0 amide bonds. The SMILES string of the molecule is CC(C)CC1CN(Cc2nnc(-c3cc(-c4cccc5[nH]ccc45)cc4[nH]ncc34)o2)CCO1. The highest BCUT2D eigenvalue weighted by Crippen LogP contribution is 2.35. The van der Waals surface area contributed by atoms with Crippen LogP contribution in [0.5, 0.6) is 0 Å². The molecule has 34 heavy (non-hydrogen) atoms. The molecule has 0 radical (unpaired) electrons. The summed E-state index contributed by atoms with van der Waals surface area (Å²) >= 11 is 0. The van der Waals surface area contributed by atoms with Crippen molar-refractivity contribution in [1.82, 2.24) is 30.3 Å². The molecule has 8 heteroatoms. The molecular formula is C26H28N6O2. The van der Waals surface area contributed by atoms with Crippen LogP contribution in [0.1, 0.15) is 26.2 Å². The predicted molar refractivity (Wildman–Crippen MR) is 131 cm³/mol. The molecule has 174 valence electrons. The van der Waals surface area contributed by atoms with Crippen molar-refractivity contribution in [1.29, 1.82) is 0 Å². The Hall–Kier alpha value is -3.49. The van der Waals surface area contributed by atoms with Gasteiger partial charge in [-0.25, -0.2) is 0 Å². The van der Waals surface area contributed by atoms with Gasteiger partial charge in [0.25, 0.3) is 0 Å². The van der Waals surface area contributed by atoms with Gasteiger partial charge in [0.15, 0.2) is 0 Å². The lowest BCUT2D eigenvalue weighted by Crippen LogP contribution is -2.42. The molecule has 2 aromatic carbocycles.